The van der Waals surface area contributed by atoms with Gasteiger partial charge in [-0.1, -0.05) is 18.2 Å². The van der Waals surface area contributed by atoms with Crippen molar-refractivity contribution in [1.29, 1.82) is 0 Å². The van der Waals surface area contributed by atoms with Gasteiger partial charge in [-0.25, -0.2) is 0 Å². The summed E-state index contributed by atoms with van der Waals surface area (Å²) in [6.45, 7) is 0.547. The quantitative estimate of drug-likeness (QED) is 0.490. The number of likely N-dealkylation sites (tertiary alicyclic amines) is 1. The Labute approximate surface area is 216 Å². The van der Waals surface area contributed by atoms with Gasteiger partial charge in [-0.3, -0.25) is 4.79 Å². The van der Waals surface area contributed by atoms with Crippen LogP contribution in [0.15, 0.2) is 36.4 Å². The van der Waals surface area contributed by atoms with Gasteiger partial charge < -0.3 is 19.9 Å². The number of rotatable bonds is 10. The van der Waals surface area contributed by atoms with E-state index in [0.717, 1.165) is 17.0 Å². The second-order valence-corrected chi connectivity index (χ2v) is 9.24. The largest absolute Gasteiger partial charge is 1.00 e. The number of carboxylic acids is 1. The van der Waals surface area contributed by atoms with Crippen LogP contribution in [0.4, 0.5) is 13.2 Å². The van der Waals surface area contributed by atoms with E-state index >= 15 is 0 Å². The Morgan fingerprint density at radius 3 is 2.70 bits per heavy atom. The second kappa shape index (κ2) is 12.4. The number of hydrogen-bond acceptors (Lipinski definition) is 5. The molecule has 0 radical (unpaired) electrons. The number of benzene rings is 1. The first kappa shape index (κ1) is 27.9. The molecule has 10 heteroatoms. The van der Waals surface area contributed by atoms with Crippen LogP contribution >= 0.6 is 11.3 Å². The summed E-state index contributed by atoms with van der Waals surface area (Å²) in [6.07, 6.45) is -1.60. The van der Waals surface area contributed by atoms with Crippen LogP contribution in [0, 0.1) is 0 Å². The number of nitrogens with zero attached hydrogens (tertiary/aromatic N) is 1. The predicted octanol–water partition coefficient (Wildman–Crippen LogP) is 0.442. The monoisotopic (exact) mass is 491 g/mol. The fraction of sp³-hybridized carbons (Fsp3) is 0.478. The molecule has 0 saturated carbocycles. The third-order valence-corrected chi connectivity index (χ3v) is 6.82. The third kappa shape index (κ3) is 8.10. The number of amides is 1. The molecule has 0 bridgehead atoms. The van der Waals surface area contributed by atoms with Crippen LogP contribution in [0.2, 0.25) is 0 Å². The van der Waals surface area contributed by atoms with Crippen molar-refractivity contribution >= 4 is 23.2 Å². The summed E-state index contributed by atoms with van der Waals surface area (Å²) in [5.41, 5.74) is -0.300. The van der Waals surface area contributed by atoms with Gasteiger partial charge in [0.2, 0.25) is 5.91 Å². The van der Waals surface area contributed by atoms with Crippen LogP contribution in [0.5, 0.6) is 0 Å². The van der Waals surface area contributed by atoms with Crippen molar-refractivity contribution in [1.82, 2.24) is 4.90 Å². The average molecular weight is 492 g/mol. The maximum Gasteiger partial charge on any atom is 1.00 e. The molecule has 2 heterocycles. The molecule has 1 aromatic carbocycles. The van der Waals surface area contributed by atoms with E-state index in [1.165, 1.54) is 23.5 Å². The summed E-state index contributed by atoms with van der Waals surface area (Å²) in [7, 11) is 0. The minimum atomic E-state index is -4.42. The first-order chi connectivity index (χ1) is 15.1. The van der Waals surface area contributed by atoms with Gasteiger partial charge in [-0.2, -0.15) is 13.2 Å². The fourth-order valence-corrected chi connectivity index (χ4v) is 4.96. The fourth-order valence-electron chi connectivity index (χ4n) is 4.08. The predicted molar refractivity (Wildman–Crippen MR) is 112 cm³/mol. The van der Waals surface area contributed by atoms with E-state index in [0.29, 0.717) is 50.6 Å². The van der Waals surface area contributed by atoms with Gasteiger partial charge in [-0.15, -0.1) is 11.3 Å². The van der Waals surface area contributed by atoms with Gasteiger partial charge in [-0.05, 0) is 62.3 Å². The van der Waals surface area contributed by atoms with Crippen LogP contribution in [0.3, 0.4) is 0 Å². The molecule has 1 fully saturated rings. The minimum absolute atomic E-state index is 0. The molecule has 1 aromatic heterocycles. The zero-order valence-electron chi connectivity index (χ0n) is 18.4. The summed E-state index contributed by atoms with van der Waals surface area (Å²) >= 11 is 1.17. The molecule has 1 aliphatic rings. The number of carbonyl (C=O) groups excluding carboxylic acids is 2. The third-order valence-electron chi connectivity index (χ3n) is 5.70. The van der Waals surface area contributed by atoms with Crippen LogP contribution < -0.4 is 34.7 Å². The van der Waals surface area contributed by atoms with Crippen LogP contribution in [-0.4, -0.2) is 40.6 Å². The van der Waals surface area contributed by atoms with Gasteiger partial charge in [0.25, 0.3) is 0 Å². The van der Waals surface area contributed by atoms with E-state index in [-0.39, 0.29) is 52.8 Å². The van der Waals surface area contributed by atoms with Gasteiger partial charge in [0.1, 0.15) is 0 Å². The number of aromatic carboxylic acids is 1. The Bertz CT molecular complexity index is 950. The molecule has 1 aliphatic heterocycles. The van der Waals surface area contributed by atoms with Crippen molar-refractivity contribution in [2.24, 2.45) is 0 Å². The van der Waals surface area contributed by atoms with Crippen molar-refractivity contribution in [2.75, 3.05) is 6.54 Å². The molecule has 3 rings (SSSR count). The van der Waals surface area contributed by atoms with E-state index in [1.807, 2.05) is 4.90 Å². The first-order valence-electron chi connectivity index (χ1n) is 10.6. The Hall–Kier alpha value is -1.39. The standard InChI is InChI=1S/C23H26F3NO4S.Na/c24-23(25,26)16-4-1-3-15(13-16)14-18(28)8-6-17-7-11-21(29)27(17)12-2-5-19-9-10-20(32-19)22(30)31;/h1,3-4,9-10,13,17-18,28H,2,5-8,11-12,14H2,(H,30,31);/q;+1/p-1/t17-,18+;/m0./s1. The van der Waals surface area contributed by atoms with Gasteiger partial charge >= 0.3 is 35.7 Å². The molecule has 0 aliphatic carbocycles. The van der Waals surface area contributed by atoms with E-state index in [2.05, 4.69) is 0 Å². The normalized spacial score (nSPS) is 17.2. The molecule has 174 valence electrons. The topological polar surface area (TPSA) is 80.7 Å². The van der Waals surface area contributed by atoms with Gasteiger partial charge in [0.15, 0.2) is 0 Å². The molecule has 2 aromatic rings. The summed E-state index contributed by atoms with van der Waals surface area (Å²) in [6, 6.07) is 8.25. The number of aliphatic hydroxyl groups excluding tert-OH is 1. The Balaban J connectivity index is 0.00000385. The molecule has 0 unspecified atom stereocenters. The molecule has 1 N–H and O–H groups in total. The number of carboxylic acid groups (broad SMARTS) is 1. The maximum absolute atomic E-state index is 12.9. The van der Waals surface area contributed by atoms with Gasteiger partial charge in [0.05, 0.1) is 22.5 Å². The van der Waals surface area contributed by atoms with E-state index < -0.39 is 23.8 Å². The zero-order chi connectivity index (χ0) is 23.3. The van der Waals surface area contributed by atoms with Crippen molar-refractivity contribution in [3.05, 3.63) is 57.3 Å². The smallest absolute Gasteiger partial charge is 0.544 e. The Kier molecular flexibility index (Phi) is 10.4. The number of carbonyl (C=O) groups is 2. The number of hydrogen-bond donors (Lipinski definition) is 1. The average Bonchev–Trinajstić information content (AvgIpc) is 3.34. The molecular weight excluding hydrogens is 466 g/mol. The number of aliphatic hydroxyl groups is 1. The van der Waals surface area contributed by atoms with Crippen molar-refractivity contribution < 1.29 is 62.5 Å². The molecular formula is C23H25F3NNaO4S. The minimum Gasteiger partial charge on any atom is -0.544 e. The second-order valence-electron chi connectivity index (χ2n) is 8.07. The van der Waals surface area contributed by atoms with Crippen molar-refractivity contribution in [3.63, 3.8) is 0 Å². The zero-order valence-corrected chi connectivity index (χ0v) is 21.3. The van der Waals surface area contributed by atoms with Crippen molar-refractivity contribution in [3.8, 4) is 0 Å². The molecule has 1 amide bonds. The number of alkyl halides is 3. The molecule has 1 saturated heterocycles. The van der Waals surface area contributed by atoms with E-state index in [4.69, 9.17) is 0 Å². The molecule has 0 spiro atoms. The maximum atomic E-state index is 12.9. The summed E-state index contributed by atoms with van der Waals surface area (Å²) in [4.78, 5) is 26.0. The summed E-state index contributed by atoms with van der Waals surface area (Å²) in [5.74, 6) is -1.14. The van der Waals surface area contributed by atoms with Crippen molar-refractivity contribution in [2.45, 2.75) is 63.3 Å². The molecule has 33 heavy (non-hydrogen) atoms. The van der Waals surface area contributed by atoms with Gasteiger partial charge in [0, 0.05) is 23.9 Å². The number of halogens is 3. The van der Waals surface area contributed by atoms with Crippen LogP contribution in [0.1, 0.15) is 57.8 Å². The van der Waals surface area contributed by atoms with E-state index in [9.17, 15) is 33.0 Å². The Morgan fingerprint density at radius 2 is 2.03 bits per heavy atom. The van der Waals surface area contributed by atoms with E-state index in [1.54, 1.807) is 12.1 Å². The SMILES string of the molecule is O=C([O-])c1ccc(CCCN2C(=O)CC[C@@H]2CC[C@@H](O)Cc2cccc(C(F)(F)F)c2)s1.[Na+]. The number of aryl methyl sites for hydroxylation is 1. The number of thiophene rings is 1. The van der Waals surface area contributed by atoms with Crippen LogP contribution in [-0.2, 0) is 23.8 Å². The molecule has 2 atom stereocenters. The molecule has 5 nitrogen and oxygen atoms in total. The Morgan fingerprint density at radius 1 is 1.27 bits per heavy atom. The van der Waals surface area contributed by atoms with Crippen LogP contribution in [0.25, 0.3) is 0 Å². The summed E-state index contributed by atoms with van der Waals surface area (Å²) in [5, 5.41) is 21.2. The first-order valence-corrected chi connectivity index (χ1v) is 11.4. The summed E-state index contributed by atoms with van der Waals surface area (Å²) < 4.78 is 38.6.